The van der Waals surface area contributed by atoms with Crippen molar-refractivity contribution in [3.8, 4) is 0 Å². The SMILES string of the molecule is O=CNC1C[C@H]2CC[C@@H](C1)N2S(=O)O. The van der Waals surface area contributed by atoms with Crippen LogP contribution in [0, 0.1) is 0 Å². The van der Waals surface area contributed by atoms with Gasteiger partial charge in [-0.25, -0.2) is 4.21 Å². The van der Waals surface area contributed by atoms with Gasteiger partial charge in [-0.15, -0.1) is 0 Å². The van der Waals surface area contributed by atoms with Gasteiger partial charge in [-0.1, -0.05) is 0 Å². The monoisotopic (exact) mass is 218 g/mol. The second kappa shape index (κ2) is 3.96. The lowest BCUT2D eigenvalue weighted by Gasteiger charge is -2.35. The summed E-state index contributed by atoms with van der Waals surface area (Å²) < 4.78 is 21.8. The number of nitrogens with zero attached hydrogens (tertiary/aromatic N) is 1. The number of amides is 1. The Labute approximate surface area is 85.3 Å². The molecular weight excluding hydrogens is 204 g/mol. The summed E-state index contributed by atoms with van der Waals surface area (Å²) in [5, 5.41) is 2.76. The molecule has 80 valence electrons. The molecular formula is C8H14N2O3S. The number of nitrogens with one attached hydrogen (secondary N) is 1. The molecule has 1 amide bonds. The second-order valence-electron chi connectivity index (χ2n) is 3.93. The molecule has 5 nitrogen and oxygen atoms in total. The summed E-state index contributed by atoms with van der Waals surface area (Å²) in [4.78, 5) is 10.3. The van der Waals surface area contributed by atoms with Crippen molar-refractivity contribution in [2.75, 3.05) is 0 Å². The molecule has 2 saturated heterocycles. The fourth-order valence-electron chi connectivity index (χ4n) is 2.62. The Hall–Kier alpha value is -0.460. The molecule has 2 aliphatic heterocycles. The van der Waals surface area contributed by atoms with Gasteiger partial charge in [0.15, 0.2) is 0 Å². The van der Waals surface area contributed by atoms with Crippen molar-refractivity contribution in [2.45, 2.75) is 43.8 Å². The Balaban J connectivity index is 2.04. The summed E-state index contributed by atoms with van der Waals surface area (Å²) >= 11 is -1.85. The average molecular weight is 218 g/mol. The van der Waals surface area contributed by atoms with Crippen LogP contribution in [-0.4, -0.2) is 37.6 Å². The van der Waals surface area contributed by atoms with Gasteiger partial charge in [0.05, 0.1) is 0 Å². The van der Waals surface area contributed by atoms with E-state index in [4.69, 9.17) is 4.55 Å². The van der Waals surface area contributed by atoms with Gasteiger partial charge < -0.3 is 5.32 Å². The maximum absolute atomic E-state index is 11.0. The second-order valence-corrected chi connectivity index (χ2v) is 4.81. The van der Waals surface area contributed by atoms with Crippen molar-refractivity contribution in [3.63, 3.8) is 0 Å². The molecule has 2 N–H and O–H groups in total. The summed E-state index contributed by atoms with van der Waals surface area (Å²) in [5.74, 6) is 0. The van der Waals surface area contributed by atoms with Gasteiger partial charge in [0.25, 0.3) is 0 Å². The molecule has 2 rings (SSSR count). The Morgan fingerprint density at radius 2 is 1.93 bits per heavy atom. The molecule has 0 aromatic heterocycles. The molecule has 14 heavy (non-hydrogen) atoms. The van der Waals surface area contributed by atoms with Crippen molar-refractivity contribution in [3.05, 3.63) is 0 Å². The van der Waals surface area contributed by atoms with E-state index in [9.17, 15) is 9.00 Å². The molecule has 4 atom stereocenters. The van der Waals surface area contributed by atoms with Crippen molar-refractivity contribution >= 4 is 17.7 Å². The van der Waals surface area contributed by atoms with E-state index in [1.165, 1.54) is 0 Å². The van der Waals surface area contributed by atoms with Gasteiger partial charge in [-0.3, -0.25) is 9.35 Å². The van der Waals surface area contributed by atoms with Gasteiger partial charge in [0.2, 0.25) is 17.7 Å². The molecule has 2 fully saturated rings. The molecule has 0 aromatic carbocycles. The predicted molar refractivity (Wildman–Crippen MR) is 51.6 cm³/mol. The van der Waals surface area contributed by atoms with Crippen molar-refractivity contribution in [1.82, 2.24) is 9.62 Å². The normalized spacial score (nSPS) is 39.4. The molecule has 0 radical (unpaired) electrons. The highest BCUT2D eigenvalue weighted by Crippen LogP contribution is 2.36. The fourth-order valence-corrected chi connectivity index (χ4v) is 3.51. The molecule has 6 heteroatoms. The zero-order valence-corrected chi connectivity index (χ0v) is 8.57. The van der Waals surface area contributed by atoms with Crippen LogP contribution in [0.5, 0.6) is 0 Å². The highest BCUT2D eigenvalue weighted by molar-refractivity contribution is 7.76. The predicted octanol–water partition coefficient (Wildman–Crippen LogP) is -0.136. The summed E-state index contributed by atoms with van der Waals surface area (Å²) in [5.41, 5.74) is 0. The third kappa shape index (κ3) is 1.69. The largest absolute Gasteiger partial charge is 0.356 e. The number of hydrogen-bond donors (Lipinski definition) is 2. The highest BCUT2D eigenvalue weighted by atomic mass is 32.2. The minimum absolute atomic E-state index is 0.164. The van der Waals surface area contributed by atoms with Crippen LogP contribution in [0.1, 0.15) is 25.7 Å². The summed E-state index contributed by atoms with van der Waals surface area (Å²) in [6.45, 7) is 0. The third-order valence-corrected chi connectivity index (χ3v) is 4.11. The molecule has 2 bridgehead atoms. The average Bonchev–Trinajstić information content (AvgIpc) is 2.39. The first kappa shape index (κ1) is 10.1. The zero-order chi connectivity index (χ0) is 10.1. The van der Waals surface area contributed by atoms with E-state index in [0.717, 1.165) is 32.1 Å². The van der Waals surface area contributed by atoms with Gasteiger partial charge in [-0.2, -0.15) is 4.31 Å². The Morgan fingerprint density at radius 3 is 2.36 bits per heavy atom. The number of rotatable bonds is 3. The zero-order valence-electron chi connectivity index (χ0n) is 7.76. The lowest BCUT2D eigenvalue weighted by Crippen LogP contribution is -2.49. The number of fused-ring (bicyclic) bond motifs is 2. The Kier molecular flexibility index (Phi) is 2.85. The van der Waals surface area contributed by atoms with Gasteiger partial charge in [0.1, 0.15) is 0 Å². The minimum Gasteiger partial charge on any atom is -0.356 e. The van der Waals surface area contributed by atoms with Gasteiger partial charge in [0, 0.05) is 18.1 Å². The van der Waals surface area contributed by atoms with Crippen molar-refractivity contribution in [1.29, 1.82) is 0 Å². The number of hydrogen-bond acceptors (Lipinski definition) is 2. The van der Waals surface area contributed by atoms with E-state index in [-0.39, 0.29) is 18.1 Å². The van der Waals surface area contributed by atoms with Crippen LogP contribution in [0.2, 0.25) is 0 Å². The summed E-state index contributed by atoms with van der Waals surface area (Å²) in [6.07, 6.45) is 4.24. The van der Waals surface area contributed by atoms with Crippen LogP contribution in [0.4, 0.5) is 0 Å². The van der Waals surface area contributed by atoms with Crippen molar-refractivity contribution < 1.29 is 13.6 Å². The van der Waals surface area contributed by atoms with Crippen LogP contribution in [-0.2, 0) is 16.1 Å². The Bertz CT molecular complexity index is 247. The first-order chi connectivity index (χ1) is 6.72. The van der Waals surface area contributed by atoms with Crippen LogP contribution in [0.25, 0.3) is 0 Å². The first-order valence-electron chi connectivity index (χ1n) is 4.81. The van der Waals surface area contributed by atoms with Crippen LogP contribution < -0.4 is 5.32 Å². The van der Waals surface area contributed by atoms with Gasteiger partial charge >= 0.3 is 0 Å². The van der Waals surface area contributed by atoms with E-state index in [1.54, 1.807) is 4.31 Å². The smallest absolute Gasteiger partial charge is 0.235 e. The van der Waals surface area contributed by atoms with E-state index < -0.39 is 11.3 Å². The number of carbonyl (C=O) groups is 1. The molecule has 2 unspecified atom stereocenters. The van der Waals surface area contributed by atoms with Crippen LogP contribution in [0.15, 0.2) is 0 Å². The molecule has 0 aromatic rings. The molecule has 0 spiro atoms. The van der Waals surface area contributed by atoms with E-state index >= 15 is 0 Å². The third-order valence-electron chi connectivity index (χ3n) is 3.15. The lowest BCUT2D eigenvalue weighted by atomic mass is 10.0. The van der Waals surface area contributed by atoms with Crippen LogP contribution >= 0.6 is 0 Å². The maximum Gasteiger partial charge on any atom is 0.235 e. The summed E-state index contributed by atoms with van der Waals surface area (Å²) in [7, 11) is 0. The number of carbonyl (C=O) groups excluding carboxylic acids is 1. The van der Waals surface area contributed by atoms with Crippen LogP contribution in [0.3, 0.4) is 0 Å². The first-order valence-corrected chi connectivity index (χ1v) is 5.87. The summed E-state index contributed by atoms with van der Waals surface area (Å²) in [6, 6.07) is 0.513. The topological polar surface area (TPSA) is 69.6 Å². The fraction of sp³-hybridized carbons (Fsp3) is 0.875. The molecule has 0 saturated carbocycles. The Morgan fingerprint density at radius 1 is 1.36 bits per heavy atom. The standard InChI is InChI=1S/C8H14N2O3S/c11-5-9-6-3-7-1-2-8(4-6)10(7)14(12)13/h5-8H,1-4H2,(H,9,11)(H,12,13)/t6?,7-,8+. The molecule has 0 aliphatic carbocycles. The van der Waals surface area contributed by atoms with E-state index in [2.05, 4.69) is 5.32 Å². The lowest BCUT2D eigenvalue weighted by molar-refractivity contribution is -0.110. The maximum atomic E-state index is 11.0. The molecule has 2 heterocycles. The van der Waals surface area contributed by atoms with Gasteiger partial charge in [-0.05, 0) is 25.7 Å². The highest BCUT2D eigenvalue weighted by Gasteiger charge is 2.43. The number of piperidine rings is 1. The van der Waals surface area contributed by atoms with E-state index in [1.807, 2.05) is 0 Å². The quantitative estimate of drug-likeness (QED) is 0.512. The van der Waals surface area contributed by atoms with Crippen molar-refractivity contribution in [2.24, 2.45) is 0 Å². The molecule has 2 aliphatic rings. The minimum atomic E-state index is -1.85. The van der Waals surface area contributed by atoms with E-state index in [0.29, 0.717) is 0 Å².